The summed E-state index contributed by atoms with van der Waals surface area (Å²) in [4.78, 5) is 21.3. The van der Waals surface area contributed by atoms with Crippen LogP contribution in [0.4, 0.5) is 0 Å². The Hall–Kier alpha value is -3.50. The van der Waals surface area contributed by atoms with E-state index in [0.29, 0.717) is 23.0 Å². The van der Waals surface area contributed by atoms with Gasteiger partial charge in [-0.15, -0.1) is 0 Å². The number of aromatic carboxylic acids is 2. The Morgan fingerprint density at radius 3 is 0.967 bits per heavy atom. The lowest BCUT2D eigenvalue weighted by molar-refractivity contribution is 0.0685. The fourth-order valence-electron chi connectivity index (χ4n) is 1.86. The first kappa shape index (κ1) is 26.5. The lowest BCUT2D eigenvalue weighted by atomic mass is 10.2. The van der Waals surface area contributed by atoms with Crippen molar-refractivity contribution in [1.29, 1.82) is 0 Å². The lowest BCUT2D eigenvalue weighted by Crippen LogP contribution is -1.98. The monoisotopic (exact) mass is 426 g/mol. The van der Waals surface area contributed by atoms with Gasteiger partial charge in [-0.3, -0.25) is 0 Å². The van der Waals surface area contributed by atoms with Gasteiger partial charge < -0.3 is 39.4 Å². The number of aliphatic hydroxyl groups is 2. The smallest absolute Gasteiger partial charge is 0.335 e. The fraction of sp³-hybridized carbons (Fsp3) is 0.300. The van der Waals surface area contributed by atoms with Crippen molar-refractivity contribution < 1.29 is 49.0 Å². The highest BCUT2D eigenvalue weighted by Gasteiger charge is 2.08. The molecule has 0 fully saturated rings. The lowest BCUT2D eigenvalue weighted by Gasteiger charge is -2.05. The standard InChI is InChI=1S/2C9H10O4.C2H6O2/c2*1-12-7-3-6(9(10)11)4-8(5-7)13-2;3-1-2-4/h2*3-5H,1-2H3,(H,10,11);3-4H,1-2H2. The van der Waals surface area contributed by atoms with Gasteiger partial charge in [0, 0.05) is 12.1 Å². The molecule has 166 valence electrons. The van der Waals surface area contributed by atoms with Gasteiger partial charge in [0.2, 0.25) is 0 Å². The number of carbonyl (C=O) groups is 2. The van der Waals surface area contributed by atoms with Crippen molar-refractivity contribution in [3.8, 4) is 23.0 Å². The maximum absolute atomic E-state index is 10.6. The Labute approximate surface area is 173 Å². The maximum atomic E-state index is 10.6. The Morgan fingerprint density at radius 1 is 0.600 bits per heavy atom. The van der Waals surface area contributed by atoms with Crippen molar-refractivity contribution in [3.05, 3.63) is 47.5 Å². The van der Waals surface area contributed by atoms with E-state index >= 15 is 0 Å². The van der Waals surface area contributed by atoms with Gasteiger partial charge in [-0.1, -0.05) is 0 Å². The van der Waals surface area contributed by atoms with E-state index in [0.717, 1.165) is 0 Å². The van der Waals surface area contributed by atoms with Gasteiger partial charge in [-0.25, -0.2) is 9.59 Å². The van der Waals surface area contributed by atoms with Crippen molar-refractivity contribution >= 4 is 11.9 Å². The predicted molar refractivity (Wildman–Crippen MR) is 107 cm³/mol. The number of rotatable bonds is 7. The van der Waals surface area contributed by atoms with E-state index in [1.165, 1.54) is 52.7 Å². The second-order valence-corrected chi connectivity index (χ2v) is 5.26. The number of methoxy groups -OCH3 is 4. The second-order valence-electron chi connectivity index (χ2n) is 5.26. The minimum Gasteiger partial charge on any atom is -0.497 e. The number of aliphatic hydroxyl groups excluding tert-OH is 2. The van der Waals surface area contributed by atoms with E-state index in [-0.39, 0.29) is 24.3 Å². The summed E-state index contributed by atoms with van der Waals surface area (Å²) in [6.07, 6.45) is 0. The highest BCUT2D eigenvalue weighted by Crippen LogP contribution is 2.23. The first-order valence-electron chi connectivity index (χ1n) is 8.40. The third kappa shape index (κ3) is 9.62. The largest absolute Gasteiger partial charge is 0.497 e. The molecule has 0 atom stereocenters. The molecule has 2 aromatic carbocycles. The molecule has 0 bridgehead atoms. The van der Waals surface area contributed by atoms with Crippen LogP contribution in [0.5, 0.6) is 23.0 Å². The molecule has 0 unspecified atom stereocenters. The van der Waals surface area contributed by atoms with Crippen LogP contribution < -0.4 is 18.9 Å². The Balaban J connectivity index is 0.000000477. The highest BCUT2D eigenvalue weighted by molar-refractivity contribution is 5.89. The van der Waals surface area contributed by atoms with E-state index in [1.807, 2.05) is 0 Å². The number of carboxylic acid groups (broad SMARTS) is 2. The third-order valence-electron chi connectivity index (χ3n) is 3.30. The molecule has 0 saturated heterocycles. The molecule has 0 aliphatic rings. The number of benzene rings is 2. The molecule has 0 aliphatic carbocycles. The van der Waals surface area contributed by atoms with Gasteiger partial charge >= 0.3 is 11.9 Å². The molecule has 2 rings (SSSR count). The van der Waals surface area contributed by atoms with Crippen molar-refractivity contribution in [2.24, 2.45) is 0 Å². The average Bonchev–Trinajstić information content (AvgIpc) is 2.78. The van der Waals surface area contributed by atoms with Crippen molar-refractivity contribution in [1.82, 2.24) is 0 Å². The first-order chi connectivity index (χ1) is 14.3. The number of hydrogen-bond donors (Lipinski definition) is 4. The summed E-state index contributed by atoms with van der Waals surface area (Å²) in [5.74, 6) is -0.128. The molecular weight excluding hydrogens is 400 g/mol. The molecule has 30 heavy (non-hydrogen) atoms. The van der Waals surface area contributed by atoms with Crippen LogP contribution in [0.25, 0.3) is 0 Å². The molecular formula is C20H26O10. The van der Waals surface area contributed by atoms with Crippen molar-refractivity contribution in [2.45, 2.75) is 0 Å². The predicted octanol–water partition coefficient (Wildman–Crippen LogP) is 1.77. The summed E-state index contributed by atoms with van der Waals surface area (Å²) >= 11 is 0. The Bertz CT molecular complexity index is 692. The average molecular weight is 426 g/mol. The molecule has 0 saturated carbocycles. The van der Waals surface area contributed by atoms with Gasteiger partial charge in [0.05, 0.1) is 52.8 Å². The number of ether oxygens (including phenoxy) is 4. The van der Waals surface area contributed by atoms with Gasteiger partial charge in [0.25, 0.3) is 0 Å². The molecule has 2 aromatic rings. The molecule has 0 aliphatic heterocycles. The summed E-state index contributed by atoms with van der Waals surface area (Å²) < 4.78 is 19.6. The Morgan fingerprint density at radius 2 is 0.833 bits per heavy atom. The molecule has 0 amide bonds. The molecule has 4 N–H and O–H groups in total. The van der Waals surface area contributed by atoms with Crippen LogP contribution >= 0.6 is 0 Å². The molecule has 0 radical (unpaired) electrons. The normalized spacial score (nSPS) is 9.13. The van der Waals surface area contributed by atoms with Crippen LogP contribution in [0.3, 0.4) is 0 Å². The second kappa shape index (κ2) is 14.5. The van der Waals surface area contributed by atoms with E-state index in [9.17, 15) is 9.59 Å². The van der Waals surface area contributed by atoms with Crippen molar-refractivity contribution in [3.63, 3.8) is 0 Å². The highest BCUT2D eigenvalue weighted by atomic mass is 16.5. The molecule has 10 nitrogen and oxygen atoms in total. The molecule has 10 heteroatoms. The summed E-state index contributed by atoms with van der Waals surface area (Å²) in [7, 11) is 5.89. The zero-order valence-electron chi connectivity index (χ0n) is 17.1. The van der Waals surface area contributed by atoms with E-state index in [4.69, 9.17) is 39.4 Å². The van der Waals surface area contributed by atoms with Gasteiger partial charge in [-0.05, 0) is 24.3 Å². The number of carboxylic acids is 2. The van der Waals surface area contributed by atoms with Gasteiger partial charge in [-0.2, -0.15) is 0 Å². The quantitative estimate of drug-likeness (QED) is 0.515. The minimum atomic E-state index is -1.00. The third-order valence-corrected chi connectivity index (χ3v) is 3.30. The topological polar surface area (TPSA) is 152 Å². The van der Waals surface area contributed by atoms with Crippen LogP contribution in [0, 0.1) is 0 Å². The maximum Gasteiger partial charge on any atom is 0.335 e. The zero-order chi connectivity index (χ0) is 23.1. The summed E-state index contributed by atoms with van der Waals surface area (Å²) in [6.45, 7) is -0.250. The Kier molecular flexibility index (Phi) is 12.8. The SMILES string of the molecule is COc1cc(OC)cc(C(=O)O)c1.COc1cc(OC)cc(C(=O)O)c1.OCCO. The van der Waals surface area contributed by atoms with Crippen LogP contribution in [-0.2, 0) is 0 Å². The van der Waals surface area contributed by atoms with E-state index < -0.39 is 11.9 Å². The summed E-state index contributed by atoms with van der Waals surface area (Å²) in [5, 5.41) is 32.7. The number of hydrogen-bond acceptors (Lipinski definition) is 8. The molecule has 0 aromatic heterocycles. The first-order valence-corrected chi connectivity index (χ1v) is 8.40. The van der Waals surface area contributed by atoms with Gasteiger partial charge in [0.1, 0.15) is 23.0 Å². The molecule has 0 spiro atoms. The van der Waals surface area contributed by atoms with E-state index in [2.05, 4.69) is 0 Å². The summed E-state index contributed by atoms with van der Waals surface area (Å²) in [5.41, 5.74) is 0.299. The zero-order valence-corrected chi connectivity index (χ0v) is 17.1. The van der Waals surface area contributed by atoms with Crippen molar-refractivity contribution in [2.75, 3.05) is 41.7 Å². The summed E-state index contributed by atoms with van der Waals surface area (Å²) in [6, 6.07) is 8.98. The van der Waals surface area contributed by atoms with Crippen LogP contribution in [0.1, 0.15) is 20.7 Å². The van der Waals surface area contributed by atoms with Gasteiger partial charge in [0.15, 0.2) is 0 Å². The van der Waals surface area contributed by atoms with E-state index in [1.54, 1.807) is 12.1 Å². The fourth-order valence-corrected chi connectivity index (χ4v) is 1.86. The van der Waals surface area contributed by atoms with Crippen LogP contribution in [0.2, 0.25) is 0 Å². The minimum absolute atomic E-state index is 0.125. The van der Waals surface area contributed by atoms with Crippen LogP contribution in [-0.4, -0.2) is 74.0 Å². The van der Waals surface area contributed by atoms with Crippen LogP contribution in [0.15, 0.2) is 36.4 Å². The molecule has 0 heterocycles.